The lowest BCUT2D eigenvalue weighted by atomic mass is 10.2. The molecule has 4 nitrogen and oxygen atoms in total. The Morgan fingerprint density at radius 2 is 2.06 bits per heavy atom. The number of aromatic amines is 1. The van der Waals surface area contributed by atoms with E-state index in [0.717, 1.165) is 14.5 Å². The smallest absolute Gasteiger partial charge is 0.258 e. The molecular formula is C12H10Br2N2O2. The highest BCUT2D eigenvalue weighted by Crippen LogP contribution is 2.28. The highest BCUT2D eigenvalue weighted by molar-refractivity contribution is 9.13. The first-order chi connectivity index (χ1) is 8.52. The first kappa shape index (κ1) is 13.3. The molecule has 0 amide bonds. The zero-order valence-electron chi connectivity index (χ0n) is 9.50. The number of benzene rings is 1. The van der Waals surface area contributed by atoms with Crippen LogP contribution in [0.3, 0.4) is 0 Å². The summed E-state index contributed by atoms with van der Waals surface area (Å²) in [6, 6.07) is 5.45. The van der Waals surface area contributed by atoms with Gasteiger partial charge in [-0.05, 0) is 50.4 Å². The minimum atomic E-state index is -0.306. The molecule has 94 valence electrons. The second kappa shape index (κ2) is 5.24. The summed E-state index contributed by atoms with van der Waals surface area (Å²) < 4.78 is 1.75. The SMILES string of the molecule is CCc1c(O)nc(-c2ccc(Br)c(Br)c2)[nH]c1=O. The Kier molecular flexibility index (Phi) is 3.87. The highest BCUT2D eigenvalue weighted by atomic mass is 79.9. The number of hydrogen-bond acceptors (Lipinski definition) is 3. The molecule has 0 saturated heterocycles. The Balaban J connectivity index is 2.58. The van der Waals surface area contributed by atoms with Crippen molar-refractivity contribution in [2.45, 2.75) is 13.3 Å². The van der Waals surface area contributed by atoms with Crippen molar-refractivity contribution in [1.29, 1.82) is 0 Å². The van der Waals surface area contributed by atoms with Gasteiger partial charge in [0.05, 0.1) is 5.56 Å². The van der Waals surface area contributed by atoms with Gasteiger partial charge in [0.1, 0.15) is 5.82 Å². The van der Waals surface area contributed by atoms with Crippen LogP contribution in [0.4, 0.5) is 0 Å². The Bertz CT molecular complexity index is 653. The van der Waals surface area contributed by atoms with Crippen molar-refractivity contribution in [3.63, 3.8) is 0 Å². The molecule has 6 heteroatoms. The molecule has 0 aliphatic rings. The topological polar surface area (TPSA) is 66.0 Å². The lowest BCUT2D eigenvalue weighted by molar-refractivity contribution is 0.444. The number of aromatic nitrogens is 2. The third-order valence-electron chi connectivity index (χ3n) is 2.54. The molecule has 1 aromatic heterocycles. The van der Waals surface area contributed by atoms with Crippen molar-refractivity contribution < 1.29 is 5.11 Å². The Morgan fingerprint density at radius 1 is 1.33 bits per heavy atom. The Morgan fingerprint density at radius 3 is 2.61 bits per heavy atom. The molecule has 0 fully saturated rings. The third-order valence-corrected chi connectivity index (χ3v) is 4.42. The minimum absolute atomic E-state index is 0.213. The van der Waals surface area contributed by atoms with Gasteiger partial charge in [-0.25, -0.2) is 0 Å². The van der Waals surface area contributed by atoms with Crippen LogP contribution >= 0.6 is 31.9 Å². The number of halogens is 2. The van der Waals surface area contributed by atoms with Crippen LogP contribution in [-0.4, -0.2) is 15.1 Å². The van der Waals surface area contributed by atoms with Gasteiger partial charge in [0, 0.05) is 14.5 Å². The maximum Gasteiger partial charge on any atom is 0.258 e. The fraction of sp³-hybridized carbons (Fsp3) is 0.167. The van der Waals surface area contributed by atoms with Crippen molar-refractivity contribution in [3.05, 3.63) is 43.1 Å². The average Bonchev–Trinajstić information content (AvgIpc) is 2.32. The fourth-order valence-corrected chi connectivity index (χ4v) is 2.21. The van der Waals surface area contributed by atoms with Crippen molar-refractivity contribution in [2.75, 3.05) is 0 Å². The molecule has 0 radical (unpaired) electrons. The predicted molar refractivity (Wildman–Crippen MR) is 76.7 cm³/mol. The van der Waals surface area contributed by atoms with Crippen LogP contribution in [0.25, 0.3) is 11.4 Å². The van der Waals surface area contributed by atoms with Crippen molar-refractivity contribution in [1.82, 2.24) is 9.97 Å². The third kappa shape index (κ3) is 2.49. The van der Waals surface area contributed by atoms with Crippen molar-refractivity contribution in [2.24, 2.45) is 0 Å². The zero-order valence-corrected chi connectivity index (χ0v) is 12.7. The summed E-state index contributed by atoms with van der Waals surface area (Å²) in [6.45, 7) is 1.79. The standard InChI is InChI=1S/C12H10Br2N2O2/c1-2-7-11(17)15-10(16-12(7)18)6-3-4-8(13)9(14)5-6/h3-5H,2H2,1H3,(H2,15,16,17,18). The number of hydrogen-bond donors (Lipinski definition) is 2. The normalized spacial score (nSPS) is 10.6. The number of aromatic hydroxyl groups is 1. The number of nitrogens with one attached hydrogen (secondary N) is 1. The molecule has 0 saturated carbocycles. The molecule has 1 aromatic carbocycles. The van der Waals surface area contributed by atoms with Gasteiger partial charge in [-0.3, -0.25) is 4.79 Å². The molecule has 0 unspecified atom stereocenters. The highest BCUT2D eigenvalue weighted by Gasteiger charge is 2.10. The predicted octanol–water partition coefficient (Wildman–Crippen LogP) is 3.23. The van der Waals surface area contributed by atoms with Gasteiger partial charge < -0.3 is 10.1 Å². The van der Waals surface area contributed by atoms with E-state index in [1.807, 2.05) is 12.1 Å². The molecule has 2 N–H and O–H groups in total. The molecule has 0 aliphatic carbocycles. The van der Waals surface area contributed by atoms with Crippen molar-refractivity contribution >= 4 is 31.9 Å². The molecule has 18 heavy (non-hydrogen) atoms. The van der Waals surface area contributed by atoms with E-state index in [9.17, 15) is 9.90 Å². The second-order valence-electron chi connectivity index (χ2n) is 3.70. The maximum atomic E-state index is 11.7. The first-order valence-electron chi connectivity index (χ1n) is 5.30. The summed E-state index contributed by atoms with van der Waals surface area (Å²) in [6.07, 6.45) is 0.443. The van der Waals surface area contributed by atoms with Crippen LogP contribution in [0, 0.1) is 0 Å². The molecular weight excluding hydrogens is 364 g/mol. The summed E-state index contributed by atoms with van der Waals surface area (Å²) in [5.74, 6) is 0.137. The summed E-state index contributed by atoms with van der Waals surface area (Å²) >= 11 is 6.74. The zero-order chi connectivity index (χ0) is 13.3. The van der Waals surface area contributed by atoms with E-state index in [4.69, 9.17) is 0 Å². The summed E-state index contributed by atoms with van der Waals surface area (Å²) in [5, 5.41) is 9.71. The van der Waals surface area contributed by atoms with Crippen LogP contribution in [-0.2, 0) is 6.42 Å². The number of nitrogens with zero attached hydrogens (tertiary/aromatic N) is 1. The van der Waals surface area contributed by atoms with Gasteiger partial charge in [0.2, 0.25) is 5.88 Å². The Hall–Kier alpha value is -1.14. The summed E-state index contributed by atoms with van der Waals surface area (Å²) in [5.41, 5.74) is 0.717. The van der Waals surface area contributed by atoms with Crippen molar-refractivity contribution in [3.8, 4) is 17.3 Å². The molecule has 0 aliphatic heterocycles. The van der Waals surface area contributed by atoms with Gasteiger partial charge in [-0.15, -0.1) is 0 Å². The lowest BCUT2D eigenvalue weighted by Gasteiger charge is -2.05. The monoisotopic (exact) mass is 372 g/mol. The molecule has 0 atom stereocenters. The fourth-order valence-electron chi connectivity index (χ4n) is 1.58. The van der Waals surface area contributed by atoms with Gasteiger partial charge >= 0.3 is 0 Å². The molecule has 2 rings (SSSR count). The molecule has 0 spiro atoms. The van der Waals surface area contributed by atoms with Crippen LogP contribution in [0.5, 0.6) is 5.88 Å². The molecule has 0 bridgehead atoms. The van der Waals surface area contributed by atoms with E-state index >= 15 is 0 Å². The van der Waals surface area contributed by atoms with Crippen LogP contribution in [0.1, 0.15) is 12.5 Å². The van der Waals surface area contributed by atoms with E-state index in [-0.39, 0.29) is 11.4 Å². The van der Waals surface area contributed by atoms with Gasteiger partial charge in [0.15, 0.2) is 0 Å². The summed E-state index contributed by atoms with van der Waals surface area (Å²) in [4.78, 5) is 18.4. The summed E-state index contributed by atoms with van der Waals surface area (Å²) in [7, 11) is 0. The maximum absolute atomic E-state index is 11.7. The second-order valence-corrected chi connectivity index (χ2v) is 5.41. The van der Waals surface area contributed by atoms with E-state index in [1.54, 1.807) is 13.0 Å². The van der Waals surface area contributed by atoms with Crippen LogP contribution < -0.4 is 5.56 Å². The van der Waals surface area contributed by atoms with E-state index in [1.165, 1.54) is 0 Å². The first-order valence-corrected chi connectivity index (χ1v) is 6.89. The lowest BCUT2D eigenvalue weighted by Crippen LogP contribution is -2.14. The minimum Gasteiger partial charge on any atom is -0.493 e. The van der Waals surface area contributed by atoms with E-state index in [0.29, 0.717) is 17.8 Å². The molecule has 1 heterocycles. The van der Waals surface area contributed by atoms with E-state index in [2.05, 4.69) is 41.8 Å². The Labute approximate surface area is 120 Å². The van der Waals surface area contributed by atoms with Crippen LogP contribution in [0.2, 0.25) is 0 Å². The number of rotatable bonds is 2. The average molecular weight is 374 g/mol. The largest absolute Gasteiger partial charge is 0.493 e. The van der Waals surface area contributed by atoms with Crippen LogP contribution in [0.15, 0.2) is 31.9 Å². The van der Waals surface area contributed by atoms with Gasteiger partial charge in [-0.1, -0.05) is 13.0 Å². The van der Waals surface area contributed by atoms with E-state index < -0.39 is 0 Å². The quantitative estimate of drug-likeness (QED) is 0.849. The molecule has 2 aromatic rings. The van der Waals surface area contributed by atoms with Gasteiger partial charge in [-0.2, -0.15) is 4.98 Å². The van der Waals surface area contributed by atoms with Gasteiger partial charge in [0.25, 0.3) is 5.56 Å². The number of H-pyrrole nitrogens is 1.